The molecule has 0 bridgehead atoms. The molecular formula is C15H14N6O4S. The second-order valence-corrected chi connectivity index (χ2v) is 5.95. The molecule has 3 rings (SSSR count). The van der Waals surface area contributed by atoms with Gasteiger partial charge in [0.15, 0.2) is 5.16 Å². The number of H-pyrrole nitrogens is 2. The summed E-state index contributed by atoms with van der Waals surface area (Å²) in [5.41, 5.74) is -0.816. The van der Waals surface area contributed by atoms with E-state index in [4.69, 9.17) is 4.74 Å². The van der Waals surface area contributed by atoms with Gasteiger partial charge in [-0.25, -0.2) is 14.3 Å². The maximum Gasteiger partial charge on any atom is 0.334 e. The van der Waals surface area contributed by atoms with Crippen LogP contribution in [0.2, 0.25) is 0 Å². The Balaban J connectivity index is 1.86. The van der Waals surface area contributed by atoms with E-state index < -0.39 is 17.2 Å². The van der Waals surface area contributed by atoms with Crippen LogP contribution in [0, 0.1) is 0 Å². The number of rotatable bonds is 6. The van der Waals surface area contributed by atoms with Crippen LogP contribution in [-0.2, 0) is 4.79 Å². The predicted molar refractivity (Wildman–Crippen MR) is 94.9 cm³/mol. The lowest BCUT2D eigenvalue weighted by Gasteiger charge is -2.13. The van der Waals surface area contributed by atoms with Crippen molar-refractivity contribution in [2.75, 3.05) is 18.2 Å². The summed E-state index contributed by atoms with van der Waals surface area (Å²) in [4.78, 5) is 42.1. The third kappa shape index (κ3) is 4.00. The van der Waals surface area contributed by atoms with Crippen molar-refractivity contribution in [3.05, 3.63) is 57.5 Å². The van der Waals surface area contributed by atoms with Gasteiger partial charge in [-0.1, -0.05) is 11.8 Å². The van der Waals surface area contributed by atoms with Crippen LogP contribution in [0.25, 0.3) is 5.69 Å². The van der Waals surface area contributed by atoms with E-state index in [9.17, 15) is 14.4 Å². The van der Waals surface area contributed by atoms with Crippen LogP contribution in [0.5, 0.6) is 5.75 Å². The zero-order chi connectivity index (χ0) is 18.5. The first-order chi connectivity index (χ1) is 12.6. The van der Waals surface area contributed by atoms with Gasteiger partial charge in [-0.15, -0.1) is 0 Å². The Hall–Kier alpha value is -3.34. The molecule has 0 aliphatic rings. The summed E-state index contributed by atoms with van der Waals surface area (Å²) in [5, 5.41) is 9.36. The Morgan fingerprint density at radius 2 is 2.08 bits per heavy atom. The largest absolute Gasteiger partial charge is 0.497 e. The summed E-state index contributed by atoms with van der Waals surface area (Å²) in [6.07, 6.45) is 1.33. The van der Waals surface area contributed by atoms with E-state index in [1.54, 1.807) is 24.3 Å². The number of anilines is 1. The molecule has 0 fully saturated rings. The van der Waals surface area contributed by atoms with E-state index in [0.29, 0.717) is 16.6 Å². The average molecular weight is 374 g/mol. The number of aromatic nitrogens is 5. The van der Waals surface area contributed by atoms with Gasteiger partial charge in [0.1, 0.15) is 17.9 Å². The summed E-state index contributed by atoms with van der Waals surface area (Å²) < 4.78 is 6.28. The quantitative estimate of drug-likeness (QED) is 0.531. The van der Waals surface area contributed by atoms with Crippen LogP contribution in [0.1, 0.15) is 0 Å². The van der Waals surface area contributed by atoms with Gasteiger partial charge in [-0.05, 0) is 24.3 Å². The van der Waals surface area contributed by atoms with Gasteiger partial charge >= 0.3 is 5.69 Å². The summed E-state index contributed by atoms with van der Waals surface area (Å²) in [6, 6.07) is 7.74. The van der Waals surface area contributed by atoms with Crippen molar-refractivity contribution in [2.45, 2.75) is 5.16 Å². The fraction of sp³-hybridized carbons (Fsp3) is 0.133. The molecule has 1 amide bonds. The van der Waals surface area contributed by atoms with E-state index in [2.05, 4.69) is 25.5 Å². The topological polar surface area (TPSA) is 135 Å². The van der Waals surface area contributed by atoms with Gasteiger partial charge in [0.2, 0.25) is 5.91 Å². The van der Waals surface area contributed by atoms with Crippen molar-refractivity contribution in [1.82, 2.24) is 24.7 Å². The van der Waals surface area contributed by atoms with Gasteiger partial charge in [0.25, 0.3) is 5.56 Å². The summed E-state index contributed by atoms with van der Waals surface area (Å²) in [7, 11) is 1.53. The fourth-order valence-electron chi connectivity index (χ4n) is 2.15. The first-order valence-corrected chi connectivity index (χ1v) is 8.34. The number of carbonyl (C=O) groups excluding carboxylic acids is 1. The molecule has 3 N–H and O–H groups in total. The fourth-order valence-corrected chi connectivity index (χ4v) is 2.73. The Labute approximate surface area is 150 Å². The van der Waals surface area contributed by atoms with Crippen molar-refractivity contribution >= 4 is 23.5 Å². The summed E-state index contributed by atoms with van der Waals surface area (Å²) >= 11 is 1.14. The molecule has 11 heteroatoms. The van der Waals surface area contributed by atoms with Gasteiger partial charge in [0, 0.05) is 6.07 Å². The minimum Gasteiger partial charge on any atom is -0.497 e. The molecule has 134 valence electrons. The number of ether oxygens (including phenoxy) is 1. The maximum absolute atomic E-state index is 12.2. The molecule has 0 spiro atoms. The number of nitrogens with zero attached hydrogens (tertiary/aromatic N) is 3. The number of hydrogen-bond acceptors (Lipinski definition) is 7. The van der Waals surface area contributed by atoms with Crippen LogP contribution < -0.4 is 21.3 Å². The predicted octanol–water partition coefficient (Wildman–Crippen LogP) is 0.383. The van der Waals surface area contributed by atoms with Crippen molar-refractivity contribution in [3.63, 3.8) is 0 Å². The Morgan fingerprint density at radius 1 is 1.31 bits per heavy atom. The number of methoxy groups -OCH3 is 1. The minimum absolute atomic E-state index is 0.0266. The van der Waals surface area contributed by atoms with Crippen molar-refractivity contribution in [2.24, 2.45) is 0 Å². The Kier molecular flexibility index (Phi) is 5.17. The maximum atomic E-state index is 12.2. The Bertz CT molecular complexity index is 1010. The van der Waals surface area contributed by atoms with Gasteiger partial charge < -0.3 is 10.1 Å². The second kappa shape index (κ2) is 7.70. The number of aromatic amines is 2. The third-order valence-electron chi connectivity index (χ3n) is 3.27. The molecule has 1 aromatic carbocycles. The number of thioether (sulfide) groups is 1. The number of nitrogens with one attached hydrogen (secondary N) is 3. The van der Waals surface area contributed by atoms with E-state index in [0.717, 1.165) is 17.8 Å². The number of carbonyl (C=O) groups is 1. The first kappa shape index (κ1) is 17.5. The average Bonchev–Trinajstić information content (AvgIpc) is 3.13. The first-order valence-electron chi connectivity index (χ1n) is 7.35. The standard InChI is InChI=1S/C15H14N6O4S/c1-25-10-4-2-9(3-5-10)21-11(6-12(22)19-15(21)24)18-13(23)7-26-14-16-8-17-20-14/h2-6,8H,7H2,1H3,(H,18,23)(H,16,17,20)(H,19,22,24). The SMILES string of the molecule is COc1ccc(-n2c(NC(=O)CSc3ncn[nH]3)cc(=O)[nH]c2=O)cc1. The van der Waals surface area contributed by atoms with E-state index in [1.165, 1.54) is 18.0 Å². The monoisotopic (exact) mass is 374 g/mol. The molecule has 0 saturated carbocycles. The molecule has 0 aliphatic heterocycles. The summed E-state index contributed by atoms with van der Waals surface area (Å²) in [6.45, 7) is 0. The number of amides is 1. The van der Waals surface area contributed by atoms with Crippen LogP contribution in [0.4, 0.5) is 5.82 Å². The highest BCUT2D eigenvalue weighted by molar-refractivity contribution is 7.99. The third-order valence-corrected chi connectivity index (χ3v) is 4.15. The lowest BCUT2D eigenvalue weighted by atomic mass is 10.3. The number of benzene rings is 1. The van der Waals surface area contributed by atoms with Gasteiger partial charge in [-0.2, -0.15) is 5.10 Å². The zero-order valence-electron chi connectivity index (χ0n) is 13.6. The molecular weight excluding hydrogens is 360 g/mol. The van der Waals surface area contributed by atoms with Crippen molar-refractivity contribution in [1.29, 1.82) is 0 Å². The molecule has 2 aromatic heterocycles. The van der Waals surface area contributed by atoms with Crippen LogP contribution in [-0.4, -0.2) is 43.5 Å². The summed E-state index contributed by atoms with van der Waals surface area (Å²) in [5.74, 6) is 0.296. The zero-order valence-corrected chi connectivity index (χ0v) is 14.4. The molecule has 0 radical (unpaired) electrons. The molecule has 10 nitrogen and oxygen atoms in total. The lowest BCUT2D eigenvalue weighted by Crippen LogP contribution is -2.32. The highest BCUT2D eigenvalue weighted by Crippen LogP contribution is 2.17. The molecule has 3 aromatic rings. The van der Waals surface area contributed by atoms with Crippen LogP contribution in [0.15, 0.2) is 51.4 Å². The van der Waals surface area contributed by atoms with Crippen molar-refractivity contribution in [3.8, 4) is 11.4 Å². The second-order valence-electron chi connectivity index (χ2n) is 4.98. The molecule has 0 saturated heterocycles. The minimum atomic E-state index is -0.666. The highest BCUT2D eigenvalue weighted by Gasteiger charge is 2.12. The van der Waals surface area contributed by atoms with Gasteiger partial charge in [0.05, 0.1) is 18.6 Å². The van der Waals surface area contributed by atoms with Crippen LogP contribution in [0.3, 0.4) is 0 Å². The molecule has 26 heavy (non-hydrogen) atoms. The molecule has 0 atom stereocenters. The Morgan fingerprint density at radius 3 is 2.73 bits per heavy atom. The normalized spacial score (nSPS) is 10.5. The molecule has 0 aliphatic carbocycles. The molecule has 0 unspecified atom stereocenters. The van der Waals surface area contributed by atoms with Crippen molar-refractivity contribution < 1.29 is 9.53 Å². The van der Waals surface area contributed by atoms with E-state index >= 15 is 0 Å². The smallest absolute Gasteiger partial charge is 0.334 e. The number of hydrogen-bond donors (Lipinski definition) is 3. The van der Waals surface area contributed by atoms with E-state index in [1.807, 2.05) is 0 Å². The molecule has 2 heterocycles. The van der Waals surface area contributed by atoms with E-state index in [-0.39, 0.29) is 11.6 Å². The lowest BCUT2D eigenvalue weighted by molar-refractivity contribution is -0.113. The van der Waals surface area contributed by atoms with Crippen LogP contribution >= 0.6 is 11.8 Å². The highest BCUT2D eigenvalue weighted by atomic mass is 32.2. The van der Waals surface area contributed by atoms with Gasteiger partial charge in [-0.3, -0.25) is 19.7 Å².